The molecule has 3 heteroatoms. The second-order valence-corrected chi connectivity index (χ2v) is 5.71. The Balaban J connectivity index is 2.62. The van der Waals surface area contributed by atoms with E-state index >= 15 is 0 Å². The number of hydrogen-bond donors (Lipinski definition) is 1. The van der Waals surface area contributed by atoms with Gasteiger partial charge in [0.2, 0.25) is 0 Å². The van der Waals surface area contributed by atoms with Gasteiger partial charge in [0, 0.05) is 10.6 Å². The molecule has 0 aliphatic carbocycles. The molecule has 2 aromatic rings. The average molecular weight is 304 g/mol. The Morgan fingerprint density at radius 3 is 2.33 bits per heavy atom. The minimum absolute atomic E-state index is 0.00616. The van der Waals surface area contributed by atoms with Gasteiger partial charge in [0.15, 0.2) is 0 Å². The summed E-state index contributed by atoms with van der Waals surface area (Å²) in [6, 6.07) is 10.4. The van der Waals surface area contributed by atoms with Crippen LogP contribution in [0.15, 0.2) is 30.3 Å². The molecule has 0 aromatic heterocycles. The molecule has 2 aromatic carbocycles. The fourth-order valence-corrected chi connectivity index (χ4v) is 2.92. The van der Waals surface area contributed by atoms with E-state index in [4.69, 9.17) is 16.3 Å². The summed E-state index contributed by atoms with van der Waals surface area (Å²) in [4.78, 5) is 0. The van der Waals surface area contributed by atoms with E-state index in [0.717, 1.165) is 27.5 Å². The topological polar surface area (TPSA) is 21.3 Å². The molecule has 0 amide bonds. The van der Waals surface area contributed by atoms with Crippen LogP contribution in [0.4, 0.5) is 0 Å². The summed E-state index contributed by atoms with van der Waals surface area (Å²) in [5.41, 5.74) is 5.65. The molecule has 0 bridgehead atoms. The van der Waals surface area contributed by atoms with Crippen LogP contribution in [0.2, 0.25) is 5.02 Å². The second-order valence-electron chi connectivity index (χ2n) is 5.33. The normalized spacial score (nSPS) is 12.3. The SMILES string of the molecule is CNC(c1cccc(C)c1Cl)c1ccc(C)c(C)c1OC. The lowest BCUT2D eigenvalue weighted by Crippen LogP contribution is -2.19. The van der Waals surface area contributed by atoms with Crippen LogP contribution in [-0.4, -0.2) is 14.2 Å². The van der Waals surface area contributed by atoms with Gasteiger partial charge in [-0.3, -0.25) is 0 Å². The predicted octanol–water partition coefficient (Wildman–Crippen LogP) is 4.58. The Bertz CT molecular complexity index is 652. The van der Waals surface area contributed by atoms with Gasteiger partial charge in [-0.05, 0) is 50.1 Å². The van der Waals surface area contributed by atoms with Gasteiger partial charge in [0.25, 0.3) is 0 Å². The number of benzene rings is 2. The predicted molar refractivity (Wildman–Crippen MR) is 89.6 cm³/mol. The molecular formula is C18H22ClNO. The zero-order valence-corrected chi connectivity index (χ0v) is 14.0. The van der Waals surface area contributed by atoms with E-state index < -0.39 is 0 Å². The number of nitrogens with one attached hydrogen (secondary N) is 1. The third-order valence-corrected chi connectivity index (χ3v) is 4.56. The molecule has 0 aliphatic heterocycles. The summed E-state index contributed by atoms with van der Waals surface area (Å²) in [7, 11) is 3.66. The van der Waals surface area contributed by atoms with E-state index in [9.17, 15) is 0 Å². The number of aryl methyl sites for hydroxylation is 2. The molecule has 0 saturated carbocycles. The fraction of sp³-hybridized carbons (Fsp3) is 0.333. The molecular weight excluding hydrogens is 282 g/mol. The van der Waals surface area contributed by atoms with Gasteiger partial charge >= 0.3 is 0 Å². The highest BCUT2D eigenvalue weighted by Gasteiger charge is 2.21. The smallest absolute Gasteiger partial charge is 0.127 e. The summed E-state index contributed by atoms with van der Waals surface area (Å²) < 4.78 is 5.65. The zero-order chi connectivity index (χ0) is 15.6. The van der Waals surface area contributed by atoms with Gasteiger partial charge < -0.3 is 10.1 Å². The lowest BCUT2D eigenvalue weighted by molar-refractivity contribution is 0.402. The minimum atomic E-state index is 0.00616. The third kappa shape index (κ3) is 2.92. The van der Waals surface area contributed by atoms with Gasteiger partial charge in [-0.1, -0.05) is 41.9 Å². The lowest BCUT2D eigenvalue weighted by Gasteiger charge is -2.23. The minimum Gasteiger partial charge on any atom is -0.496 e. The third-order valence-electron chi connectivity index (χ3n) is 4.04. The quantitative estimate of drug-likeness (QED) is 0.892. The Labute approximate surface area is 132 Å². The van der Waals surface area contributed by atoms with Crippen LogP contribution in [-0.2, 0) is 0 Å². The second kappa shape index (κ2) is 6.50. The average Bonchev–Trinajstić information content (AvgIpc) is 2.48. The summed E-state index contributed by atoms with van der Waals surface area (Å²) in [5.74, 6) is 0.923. The van der Waals surface area contributed by atoms with E-state index in [1.54, 1.807) is 7.11 Å². The molecule has 0 saturated heterocycles. The summed E-state index contributed by atoms with van der Waals surface area (Å²) in [6.07, 6.45) is 0. The van der Waals surface area contributed by atoms with Crippen molar-refractivity contribution in [1.29, 1.82) is 0 Å². The van der Waals surface area contributed by atoms with Gasteiger partial charge in [-0.15, -0.1) is 0 Å². The summed E-state index contributed by atoms with van der Waals surface area (Å²) in [5, 5.41) is 4.16. The highest BCUT2D eigenvalue weighted by atomic mass is 35.5. The van der Waals surface area contributed by atoms with E-state index in [1.165, 1.54) is 11.1 Å². The van der Waals surface area contributed by atoms with Crippen molar-refractivity contribution in [3.8, 4) is 5.75 Å². The molecule has 1 unspecified atom stereocenters. The zero-order valence-electron chi connectivity index (χ0n) is 13.3. The Kier molecular flexibility index (Phi) is 4.92. The number of methoxy groups -OCH3 is 1. The van der Waals surface area contributed by atoms with Crippen LogP contribution in [0.5, 0.6) is 5.75 Å². The first-order valence-electron chi connectivity index (χ1n) is 7.07. The Hall–Kier alpha value is -1.51. The number of hydrogen-bond acceptors (Lipinski definition) is 2. The van der Waals surface area contributed by atoms with Gasteiger partial charge in [-0.25, -0.2) is 0 Å². The van der Waals surface area contributed by atoms with Crippen molar-refractivity contribution in [3.05, 3.63) is 63.2 Å². The van der Waals surface area contributed by atoms with Crippen molar-refractivity contribution in [2.75, 3.05) is 14.2 Å². The van der Waals surface area contributed by atoms with E-state index in [1.807, 2.05) is 26.1 Å². The molecule has 0 spiro atoms. The Morgan fingerprint density at radius 1 is 1.00 bits per heavy atom. The van der Waals surface area contributed by atoms with Crippen molar-refractivity contribution in [1.82, 2.24) is 5.32 Å². The van der Waals surface area contributed by atoms with Crippen LogP contribution in [0.3, 0.4) is 0 Å². The largest absolute Gasteiger partial charge is 0.496 e. The number of ether oxygens (including phenoxy) is 1. The first-order chi connectivity index (χ1) is 10.0. The van der Waals surface area contributed by atoms with Gasteiger partial charge in [0.05, 0.1) is 13.2 Å². The van der Waals surface area contributed by atoms with E-state index in [2.05, 4.69) is 37.4 Å². The first-order valence-corrected chi connectivity index (χ1v) is 7.45. The lowest BCUT2D eigenvalue weighted by atomic mass is 9.93. The molecule has 21 heavy (non-hydrogen) atoms. The molecule has 112 valence electrons. The molecule has 1 N–H and O–H groups in total. The van der Waals surface area contributed by atoms with Crippen molar-refractivity contribution >= 4 is 11.6 Å². The highest BCUT2D eigenvalue weighted by molar-refractivity contribution is 6.32. The molecule has 1 atom stereocenters. The molecule has 0 heterocycles. The van der Waals surface area contributed by atoms with Crippen LogP contribution in [0, 0.1) is 20.8 Å². The van der Waals surface area contributed by atoms with Gasteiger partial charge in [-0.2, -0.15) is 0 Å². The maximum absolute atomic E-state index is 6.50. The van der Waals surface area contributed by atoms with E-state index in [-0.39, 0.29) is 6.04 Å². The molecule has 0 aliphatic rings. The van der Waals surface area contributed by atoms with Crippen LogP contribution < -0.4 is 10.1 Å². The summed E-state index contributed by atoms with van der Waals surface area (Å²) >= 11 is 6.50. The van der Waals surface area contributed by atoms with Crippen molar-refractivity contribution in [2.24, 2.45) is 0 Å². The van der Waals surface area contributed by atoms with E-state index in [0.29, 0.717) is 0 Å². The summed E-state index contributed by atoms with van der Waals surface area (Å²) in [6.45, 7) is 6.20. The van der Waals surface area contributed by atoms with Crippen molar-refractivity contribution in [3.63, 3.8) is 0 Å². The Morgan fingerprint density at radius 2 is 1.71 bits per heavy atom. The maximum Gasteiger partial charge on any atom is 0.127 e. The molecule has 0 radical (unpaired) electrons. The van der Waals surface area contributed by atoms with Crippen LogP contribution >= 0.6 is 11.6 Å². The van der Waals surface area contributed by atoms with Crippen LogP contribution in [0.25, 0.3) is 0 Å². The number of rotatable bonds is 4. The molecule has 2 rings (SSSR count). The van der Waals surface area contributed by atoms with Crippen molar-refractivity contribution < 1.29 is 4.74 Å². The van der Waals surface area contributed by atoms with Crippen molar-refractivity contribution in [2.45, 2.75) is 26.8 Å². The first kappa shape index (κ1) is 15.9. The van der Waals surface area contributed by atoms with Crippen LogP contribution in [0.1, 0.15) is 33.9 Å². The fourth-order valence-electron chi connectivity index (χ4n) is 2.68. The highest BCUT2D eigenvalue weighted by Crippen LogP contribution is 2.37. The standard InChI is InChI=1S/C18H22ClNO/c1-11-9-10-15(18(21-5)13(11)3)17(20-4)14-8-6-7-12(2)16(14)19/h6-10,17,20H,1-5H3. The van der Waals surface area contributed by atoms with Gasteiger partial charge in [0.1, 0.15) is 5.75 Å². The molecule has 0 fully saturated rings. The molecule has 2 nitrogen and oxygen atoms in total. The maximum atomic E-state index is 6.50. The monoisotopic (exact) mass is 303 g/mol. The number of halogens is 1.